The number of halogens is 1. The van der Waals surface area contributed by atoms with Gasteiger partial charge in [-0.25, -0.2) is 4.39 Å². The first-order chi connectivity index (χ1) is 10.7. The minimum absolute atomic E-state index is 0.0834. The van der Waals surface area contributed by atoms with E-state index < -0.39 is 0 Å². The molecule has 22 heavy (non-hydrogen) atoms. The summed E-state index contributed by atoms with van der Waals surface area (Å²) in [5.41, 5.74) is 1.83. The van der Waals surface area contributed by atoms with Crippen LogP contribution in [0.5, 0.6) is 0 Å². The molecule has 0 radical (unpaired) electrons. The second-order valence-electron chi connectivity index (χ2n) is 5.18. The monoisotopic (exact) mass is 300 g/mol. The molecule has 0 aliphatic rings. The van der Waals surface area contributed by atoms with Gasteiger partial charge in [-0.3, -0.25) is 9.78 Å². The maximum atomic E-state index is 13.2. The summed E-state index contributed by atoms with van der Waals surface area (Å²) >= 11 is 0. The first-order valence-electron chi connectivity index (χ1n) is 7.62. The Morgan fingerprint density at radius 3 is 2.45 bits per heavy atom. The van der Waals surface area contributed by atoms with Crippen molar-refractivity contribution in [2.45, 2.75) is 32.7 Å². The zero-order valence-corrected chi connectivity index (χ0v) is 13.0. The summed E-state index contributed by atoms with van der Waals surface area (Å²) < 4.78 is 13.2. The van der Waals surface area contributed by atoms with Crippen molar-refractivity contribution in [1.82, 2.24) is 9.88 Å². The lowest BCUT2D eigenvalue weighted by Gasteiger charge is -2.32. The average Bonchev–Trinajstić information content (AvgIpc) is 2.56. The first kappa shape index (κ1) is 16.1. The molecular weight excluding hydrogens is 279 g/mol. The van der Waals surface area contributed by atoms with E-state index in [4.69, 9.17) is 0 Å². The number of hydrogen-bond donors (Lipinski definition) is 0. The van der Waals surface area contributed by atoms with E-state index in [1.165, 1.54) is 12.1 Å². The second-order valence-corrected chi connectivity index (χ2v) is 5.18. The fourth-order valence-electron chi connectivity index (χ4n) is 2.58. The lowest BCUT2D eigenvalue weighted by Crippen LogP contribution is -2.35. The molecule has 1 amide bonds. The summed E-state index contributed by atoms with van der Waals surface area (Å²) in [5, 5.41) is 0. The molecule has 3 nitrogen and oxygen atoms in total. The number of carbonyl (C=O) groups is 1. The summed E-state index contributed by atoms with van der Waals surface area (Å²) in [6.45, 7) is 4.56. The van der Waals surface area contributed by atoms with Crippen molar-refractivity contribution in [3.63, 3.8) is 0 Å². The fraction of sp³-hybridized carbons (Fsp3) is 0.333. The van der Waals surface area contributed by atoms with Gasteiger partial charge in [0.05, 0.1) is 6.04 Å². The molecule has 2 rings (SSSR count). The molecule has 0 bridgehead atoms. The van der Waals surface area contributed by atoms with Crippen LogP contribution in [0, 0.1) is 5.82 Å². The topological polar surface area (TPSA) is 33.2 Å². The molecule has 2 aromatic rings. The van der Waals surface area contributed by atoms with Crippen LogP contribution in [-0.4, -0.2) is 22.3 Å². The Labute approximate surface area is 130 Å². The van der Waals surface area contributed by atoms with Gasteiger partial charge in [0.15, 0.2) is 0 Å². The number of amides is 1. The van der Waals surface area contributed by atoms with Crippen LogP contribution in [0.25, 0.3) is 0 Å². The van der Waals surface area contributed by atoms with Gasteiger partial charge in [-0.15, -0.1) is 0 Å². The van der Waals surface area contributed by atoms with Gasteiger partial charge in [0.2, 0.25) is 5.91 Å². The number of benzene rings is 1. The van der Waals surface area contributed by atoms with Crippen LogP contribution in [0.1, 0.15) is 43.9 Å². The Bertz CT molecular complexity index is 598. The Morgan fingerprint density at radius 1 is 1.18 bits per heavy atom. The molecule has 1 atom stereocenters. The maximum Gasteiger partial charge on any atom is 0.223 e. The van der Waals surface area contributed by atoms with Gasteiger partial charge in [-0.2, -0.15) is 0 Å². The largest absolute Gasteiger partial charge is 0.332 e. The van der Waals surface area contributed by atoms with Crippen molar-refractivity contribution in [3.05, 3.63) is 65.7 Å². The zero-order chi connectivity index (χ0) is 15.9. The summed E-state index contributed by atoms with van der Waals surface area (Å²) in [6, 6.07) is 9.90. The summed E-state index contributed by atoms with van der Waals surface area (Å²) in [4.78, 5) is 18.4. The van der Waals surface area contributed by atoms with Crippen molar-refractivity contribution in [2.24, 2.45) is 0 Å². The molecule has 0 fully saturated rings. The standard InChI is InChI=1S/C18H21FN2O/c1-3-12-21(17(22)4-2)18(15-6-5-11-20-13-15)14-7-9-16(19)10-8-14/h5-11,13,18H,3-4,12H2,1-2H3/t18-/m0/s1. The van der Waals surface area contributed by atoms with Crippen LogP contribution in [0.3, 0.4) is 0 Å². The second kappa shape index (κ2) is 7.69. The van der Waals surface area contributed by atoms with E-state index in [0.29, 0.717) is 13.0 Å². The van der Waals surface area contributed by atoms with Gasteiger partial charge < -0.3 is 4.90 Å². The number of carbonyl (C=O) groups excluding carboxylic acids is 1. The zero-order valence-electron chi connectivity index (χ0n) is 13.0. The number of aromatic nitrogens is 1. The van der Waals surface area contributed by atoms with E-state index in [9.17, 15) is 9.18 Å². The van der Waals surface area contributed by atoms with Crippen molar-refractivity contribution < 1.29 is 9.18 Å². The predicted molar refractivity (Wildman–Crippen MR) is 84.8 cm³/mol. The van der Waals surface area contributed by atoms with E-state index >= 15 is 0 Å². The average molecular weight is 300 g/mol. The highest BCUT2D eigenvalue weighted by Crippen LogP contribution is 2.29. The van der Waals surface area contributed by atoms with Gasteiger partial charge in [0, 0.05) is 25.4 Å². The molecule has 4 heteroatoms. The van der Waals surface area contributed by atoms with Gasteiger partial charge in [0.25, 0.3) is 0 Å². The molecule has 0 unspecified atom stereocenters. The lowest BCUT2D eigenvalue weighted by atomic mass is 9.97. The van der Waals surface area contributed by atoms with Gasteiger partial charge in [0.1, 0.15) is 5.82 Å². The Morgan fingerprint density at radius 2 is 1.91 bits per heavy atom. The number of hydrogen-bond acceptors (Lipinski definition) is 2. The Hall–Kier alpha value is -2.23. The van der Waals surface area contributed by atoms with Crippen LogP contribution in [0.4, 0.5) is 4.39 Å². The Balaban J connectivity index is 2.48. The molecule has 0 saturated heterocycles. The molecule has 1 aromatic carbocycles. The van der Waals surface area contributed by atoms with Crippen molar-refractivity contribution in [1.29, 1.82) is 0 Å². The smallest absolute Gasteiger partial charge is 0.223 e. The van der Waals surface area contributed by atoms with E-state index in [1.807, 2.05) is 30.9 Å². The highest BCUT2D eigenvalue weighted by molar-refractivity contribution is 5.77. The third-order valence-electron chi connectivity index (χ3n) is 3.58. The quantitative estimate of drug-likeness (QED) is 0.809. The van der Waals surface area contributed by atoms with Crippen molar-refractivity contribution in [3.8, 4) is 0 Å². The SMILES string of the molecule is CCCN(C(=O)CC)[C@@H](c1ccc(F)cc1)c1cccnc1. The van der Waals surface area contributed by atoms with Crippen LogP contribution in [0.15, 0.2) is 48.8 Å². The first-order valence-corrected chi connectivity index (χ1v) is 7.62. The van der Waals surface area contributed by atoms with Gasteiger partial charge in [-0.05, 0) is 35.7 Å². The molecule has 0 saturated carbocycles. The number of rotatable bonds is 6. The van der Waals surface area contributed by atoms with E-state index in [-0.39, 0.29) is 17.8 Å². The van der Waals surface area contributed by atoms with Crippen LogP contribution in [-0.2, 0) is 4.79 Å². The predicted octanol–water partition coefficient (Wildman–Crippen LogP) is 3.96. The maximum absolute atomic E-state index is 13.2. The van der Waals surface area contributed by atoms with Crippen molar-refractivity contribution >= 4 is 5.91 Å². The highest BCUT2D eigenvalue weighted by Gasteiger charge is 2.25. The summed E-state index contributed by atoms with van der Waals surface area (Å²) in [6.07, 6.45) is 4.78. The van der Waals surface area contributed by atoms with E-state index in [0.717, 1.165) is 17.5 Å². The van der Waals surface area contributed by atoms with E-state index in [2.05, 4.69) is 4.98 Å². The van der Waals surface area contributed by atoms with Crippen LogP contribution >= 0.6 is 0 Å². The number of pyridine rings is 1. The normalized spacial score (nSPS) is 12.0. The van der Waals surface area contributed by atoms with Gasteiger partial charge in [-0.1, -0.05) is 32.0 Å². The summed E-state index contributed by atoms with van der Waals surface area (Å²) in [7, 11) is 0. The molecule has 0 N–H and O–H groups in total. The molecular formula is C18H21FN2O. The minimum atomic E-state index is -0.280. The molecule has 116 valence electrons. The van der Waals surface area contributed by atoms with E-state index in [1.54, 1.807) is 24.5 Å². The lowest BCUT2D eigenvalue weighted by molar-refractivity contribution is -0.132. The third kappa shape index (κ3) is 3.70. The molecule has 0 aliphatic heterocycles. The number of nitrogens with zero attached hydrogens (tertiary/aromatic N) is 2. The van der Waals surface area contributed by atoms with Crippen molar-refractivity contribution in [2.75, 3.05) is 6.54 Å². The molecule has 0 spiro atoms. The minimum Gasteiger partial charge on any atom is -0.332 e. The molecule has 1 aromatic heterocycles. The molecule has 1 heterocycles. The fourth-order valence-corrected chi connectivity index (χ4v) is 2.58. The van der Waals surface area contributed by atoms with Crippen LogP contribution < -0.4 is 0 Å². The van der Waals surface area contributed by atoms with Crippen LogP contribution in [0.2, 0.25) is 0 Å². The Kier molecular flexibility index (Phi) is 5.64. The highest BCUT2D eigenvalue weighted by atomic mass is 19.1. The third-order valence-corrected chi connectivity index (χ3v) is 3.58. The summed E-state index contributed by atoms with van der Waals surface area (Å²) in [5.74, 6) is -0.197. The van der Waals surface area contributed by atoms with Gasteiger partial charge >= 0.3 is 0 Å². The molecule has 0 aliphatic carbocycles.